The average molecular weight is 416 g/mol. The minimum Gasteiger partial charge on any atom is -0.495 e. The van der Waals surface area contributed by atoms with Gasteiger partial charge >= 0.3 is 0 Å². The molecule has 0 radical (unpaired) electrons. The number of aliphatic hydroxyl groups is 1. The Morgan fingerprint density at radius 2 is 2.06 bits per heavy atom. The molecule has 31 heavy (non-hydrogen) atoms. The molecule has 1 amide bonds. The van der Waals surface area contributed by atoms with Crippen LogP contribution in [0.2, 0.25) is 0 Å². The third-order valence-electron chi connectivity index (χ3n) is 4.68. The van der Waals surface area contributed by atoms with Gasteiger partial charge in [-0.05, 0) is 36.6 Å². The zero-order valence-electron chi connectivity index (χ0n) is 17.5. The predicted molar refractivity (Wildman–Crippen MR) is 121 cm³/mol. The number of aromatic nitrogens is 1. The molecule has 1 aromatic heterocycles. The van der Waals surface area contributed by atoms with Crippen LogP contribution in [-0.2, 0) is 0 Å². The lowest BCUT2D eigenvalue weighted by Crippen LogP contribution is -2.31. The Morgan fingerprint density at radius 1 is 1.29 bits per heavy atom. The third-order valence-corrected chi connectivity index (χ3v) is 4.68. The first-order valence-corrected chi connectivity index (χ1v) is 9.79. The third kappa shape index (κ3) is 5.18. The van der Waals surface area contributed by atoms with Gasteiger partial charge in [-0.15, -0.1) is 0 Å². The summed E-state index contributed by atoms with van der Waals surface area (Å²) in [4.78, 5) is 16.8. The van der Waals surface area contributed by atoms with Crippen LogP contribution in [0.3, 0.4) is 0 Å². The number of amides is 1. The Hall–Kier alpha value is -3.89. The molecule has 7 heteroatoms. The number of anilines is 1. The molecule has 0 bridgehead atoms. The van der Waals surface area contributed by atoms with Gasteiger partial charge in [0.05, 0.1) is 30.7 Å². The largest absolute Gasteiger partial charge is 0.495 e. The Morgan fingerprint density at radius 3 is 2.77 bits per heavy atom. The van der Waals surface area contributed by atoms with Crippen molar-refractivity contribution in [1.29, 1.82) is 5.26 Å². The van der Waals surface area contributed by atoms with Crippen LogP contribution >= 0.6 is 0 Å². The molecule has 0 saturated carbocycles. The summed E-state index contributed by atoms with van der Waals surface area (Å²) in [5, 5.41) is 26.2. The van der Waals surface area contributed by atoms with Crippen molar-refractivity contribution in [2.75, 3.05) is 25.5 Å². The summed E-state index contributed by atoms with van der Waals surface area (Å²) in [6.45, 7) is 5.77. The molecule has 3 aromatic rings. The first-order chi connectivity index (χ1) is 14.9. The monoisotopic (exact) mass is 416 g/mol. The van der Waals surface area contributed by atoms with E-state index in [2.05, 4.69) is 22.2 Å². The van der Waals surface area contributed by atoms with Crippen molar-refractivity contribution < 1.29 is 14.6 Å². The lowest BCUT2D eigenvalue weighted by Gasteiger charge is -2.15. The van der Waals surface area contributed by atoms with Crippen molar-refractivity contribution in [2.24, 2.45) is 0 Å². The highest BCUT2D eigenvalue weighted by atomic mass is 16.5. The summed E-state index contributed by atoms with van der Waals surface area (Å²) < 4.78 is 5.50. The number of nitrogens with zero attached hydrogens (tertiary/aromatic N) is 2. The molecule has 0 spiro atoms. The number of carbonyl (C=O) groups is 1. The van der Waals surface area contributed by atoms with Crippen LogP contribution in [0.5, 0.6) is 5.75 Å². The standard InChI is InChI=1S/C24H24N4O3/c1-15(12-25)13-26-23-19-11-18(8-7-17(19)9-10-22(23)31-3)20-5-4-6-21(28-20)24(30)27-14-16(2)29/h4-11,16,26,29H,1,13-14H2,2-3H3,(H,27,30)/t16-/m1/s1. The molecule has 0 aliphatic heterocycles. The van der Waals surface area contributed by atoms with Crippen molar-refractivity contribution >= 4 is 22.4 Å². The highest BCUT2D eigenvalue weighted by molar-refractivity contribution is 5.99. The van der Waals surface area contributed by atoms with Crippen LogP contribution in [0.1, 0.15) is 17.4 Å². The smallest absolute Gasteiger partial charge is 0.269 e. The second-order valence-corrected chi connectivity index (χ2v) is 7.11. The molecule has 0 unspecified atom stereocenters. The summed E-state index contributed by atoms with van der Waals surface area (Å²) in [5.74, 6) is 0.303. The van der Waals surface area contributed by atoms with E-state index < -0.39 is 6.10 Å². The number of benzene rings is 2. The number of nitriles is 1. The maximum atomic E-state index is 12.3. The van der Waals surface area contributed by atoms with Gasteiger partial charge < -0.3 is 20.5 Å². The number of nitrogens with one attached hydrogen (secondary N) is 2. The molecule has 0 saturated heterocycles. The summed E-state index contributed by atoms with van der Waals surface area (Å²) in [7, 11) is 1.59. The SMILES string of the molecule is C=C(C#N)CNc1c(OC)ccc2ccc(-c3cccc(C(=O)NC[C@@H](C)O)n3)cc12. The van der Waals surface area contributed by atoms with Crippen LogP contribution < -0.4 is 15.4 Å². The summed E-state index contributed by atoms with van der Waals surface area (Å²) in [5.41, 5.74) is 2.90. The zero-order chi connectivity index (χ0) is 22.4. The Bertz CT molecular complexity index is 1170. The van der Waals surface area contributed by atoms with Gasteiger partial charge in [-0.3, -0.25) is 4.79 Å². The van der Waals surface area contributed by atoms with Crippen molar-refractivity contribution in [1.82, 2.24) is 10.3 Å². The number of hydrogen-bond donors (Lipinski definition) is 3. The molecule has 158 valence electrons. The van der Waals surface area contributed by atoms with Gasteiger partial charge in [0.2, 0.25) is 0 Å². The van der Waals surface area contributed by atoms with Crippen molar-refractivity contribution in [3.05, 3.63) is 66.4 Å². The Kier molecular flexibility index (Phi) is 6.85. The van der Waals surface area contributed by atoms with E-state index in [0.717, 1.165) is 22.0 Å². The second-order valence-electron chi connectivity index (χ2n) is 7.11. The number of hydrogen-bond acceptors (Lipinski definition) is 6. The number of ether oxygens (including phenoxy) is 1. The highest BCUT2D eigenvalue weighted by Crippen LogP contribution is 2.35. The van der Waals surface area contributed by atoms with Crippen LogP contribution in [0.15, 0.2) is 60.7 Å². The molecule has 0 fully saturated rings. The molecule has 2 aromatic carbocycles. The molecular formula is C24H24N4O3. The van der Waals surface area contributed by atoms with E-state index in [1.165, 1.54) is 0 Å². The predicted octanol–water partition coefficient (Wildman–Crippen LogP) is 3.51. The number of rotatable bonds is 8. The van der Waals surface area contributed by atoms with E-state index >= 15 is 0 Å². The van der Waals surface area contributed by atoms with Crippen molar-refractivity contribution in [3.8, 4) is 23.1 Å². The number of aliphatic hydroxyl groups excluding tert-OH is 1. The second kappa shape index (κ2) is 9.74. The van der Waals surface area contributed by atoms with E-state index in [9.17, 15) is 9.90 Å². The zero-order valence-corrected chi connectivity index (χ0v) is 17.5. The molecule has 0 aliphatic carbocycles. The summed E-state index contributed by atoms with van der Waals surface area (Å²) >= 11 is 0. The van der Waals surface area contributed by atoms with E-state index in [0.29, 0.717) is 23.6 Å². The van der Waals surface area contributed by atoms with Crippen LogP contribution in [0.4, 0.5) is 5.69 Å². The van der Waals surface area contributed by atoms with Crippen molar-refractivity contribution in [2.45, 2.75) is 13.0 Å². The van der Waals surface area contributed by atoms with Crippen LogP contribution in [0, 0.1) is 11.3 Å². The van der Waals surface area contributed by atoms with E-state index in [1.807, 2.05) is 42.5 Å². The molecule has 1 heterocycles. The first-order valence-electron chi connectivity index (χ1n) is 9.79. The Balaban J connectivity index is 2.00. The topological polar surface area (TPSA) is 107 Å². The highest BCUT2D eigenvalue weighted by Gasteiger charge is 2.13. The van der Waals surface area contributed by atoms with Gasteiger partial charge in [0.15, 0.2) is 0 Å². The van der Waals surface area contributed by atoms with Gasteiger partial charge in [-0.1, -0.05) is 30.8 Å². The van der Waals surface area contributed by atoms with Crippen LogP contribution in [0.25, 0.3) is 22.0 Å². The normalized spacial score (nSPS) is 11.4. The Labute approximate surface area is 181 Å². The van der Waals surface area contributed by atoms with E-state index in [-0.39, 0.29) is 18.1 Å². The van der Waals surface area contributed by atoms with Gasteiger partial charge in [0.1, 0.15) is 11.4 Å². The molecule has 0 aliphatic rings. The van der Waals surface area contributed by atoms with Gasteiger partial charge in [-0.25, -0.2) is 4.98 Å². The maximum absolute atomic E-state index is 12.3. The number of fused-ring (bicyclic) bond motifs is 1. The average Bonchev–Trinajstić information content (AvgIpc) is 2.80. The molecule has 3 N–H and O–H groups in total. The minimum atomic E-state index is -0.634. The first kappa shape index (κ1) is 21.8. The molecule has 7 nitrogen and oxygen atoms in total. The lowest BCUT2D eigenvalue weighted by molar-refractivity contribution is 0.0919. The van der Waals surface area contributed by atoms with E-state index in [4.69, 9.17) is 10.00 Å². The fraction of sp³-hybridized carbons (Fsp3) is 0.208. The minimum absolute atomic E-state index is 0.156. The quantitative estimate of drug-likeness (QED) is 0.485. The number of carbonyl (C=O) groups excluding carboxylic acids is 1. The number of methoxy groups -OCH3 is 1. The fourth-order valence-electron chi connectivity index (χ4n) is 3.10. The fourth-order valence-corrected chi connectivity index (χ4v) is 3.10. The summed E-state index contributed by atoms with van der Waals surface area (Å²) in [6, 6.07) is 17.0. The summed E-state index contributed by atoms with van der Waals surface area (Å²) in [6.07, 6.45) is -0.634. The van der Waals surface area contributed by atoms with Gasteiger partial charge in [-0.2, -0.15) is 5.26 Å². The lowest BCUT2D eigenvalue weighted by atomic mass is 10.0. The van der Waals surface area contributed by atoms with E-state index in [1.54, 1.807) is 26.2 Å². The van der Waals surface area contributed by atoms with Gasteiger partial charge in [0, 0.05) is 29.6 Å². The van der Waals surface area contributed by atoms with Crippen molar-refractivity contribution in [3.63, 3.8) is 0 Å². The molecule has 1 atom stereocenters. The maximum Gasteiger partial charge on any atom is 0.269 e. The van der Waals surface area contributed by atoms with Crippen LogP contribution in [-0.4, -0.2) is 42.3 Å². The molecule has 3 rings (SSSR count). The van der Waals surface area contributed by atoms with Gasteiger partial charge in [0.25, 0.3) is 5.91 Å². The number of pyridine rings is 1. The molecular weight excluding hydrogens is 392 g/mol.